The number of aromatic carboxylic acids is 1. The van der Waals surface area contributed by atoms with Gasteiger partial charge in [0.2, 0.25) is 0 Å². The molecule has 0 saturated carbocycles. The average Bonchev–Trinajstić information content (AvgIpc) is 2.27. The van der Waals surface area contributed by atoms with Crippen molar-refractivity contribution in [3.8, 4) is 5.75 Å². The molecule has 0 spiro atoms. The lowest BCUT2D eigenvalue weighted by Crippen LogP contribution is -2.14. The first-order valence-electron chi connectivity index (χ1n) is 5.07. The Morgan fingerprint density at radius 2 is 2.12 bits per heavy atom. The van der Waals surface area contributed by atoms with Gasteiger partial charge in [-0.05, 0) is 18.1 Å². The quantitative estimate of drug-likeness (QED) is 0.773. The lowest BCUT2D eigenvalue weighted by atomic mass is 10.0. The molecule has 0 radical (unpaired) electrons. The van der Waals surface area contributed by atoms with Crippen molar-refractivity contribution < 1.29 is 19.4 Å². The Labute approximate surface area is 95.9 Å². The maximum absolute atomic E-state index is 11.4. The number of aryl methyl sites for hydroxylation is 1. The molecule has 0 aliphatic carbocycles. The number of hydrogen-bond donors (Lipinski definition) is 2. The molecule has 5 heteroatoms. The summed E-state index contributed by atoms with van der Waals surface area (Å²) in [5.41, 5.74) is -0.850. The minimum atomic E-state index is -1.50. The van der Waals surface area contributed by atoms with E-state index in [0.29, 0.717) is 6.42 Å². The molecule has 0 fully saturated rings. The first kappa shape index (κ1) is 11.2. The fraction of sp³-hybridized carbons (Fsp3) is 0.167. The normalized spacial score (nSPS) is 10.6. The van der Waals surface area contributed by atoms with Crippen LogP contribution in [-0.2, 0) is 6.42 Å². The molecule has 0 amide bonds. The van der Waals surface area contributed by atoms with Crippen LogP contribution in [0.15, 0.2) is 27.4 Å². The van der Waals surface area contributed by atoms with Crippen LogP contribution in [0.2, 0.25) is 0 Å². The van der Waals surface area contributed by atoms with Gasteiger partial charge in [0, 0.05) is 0 Å². The van der Waals surface area contributed by atoms with E-state index in [9.17, 15) is 14.7 Å². The fourth-order valence-corrected chi connectivity index (χ4v) is 1.79. The molecule has 0 bridgehead atoms. The molecule has 1 heterocycles. The average molecular weight is 234 g/mol. The summed E-state index contributed by atoms with van der Waals surface area (Å²) < 4.78 is 4.88. The van der Waals surface area contributed by atoms with Crippen LogP contribution in [-0.4, -0.2) is 16.2 Å². The lowest BCUT2D eigenvalue weighted by molar-refractivity contribution is 0.0689. The van der Waals surface area contributed by atoms with E-state index in [1.165, 1.54) is 6.07 Å². The number of benzene rings is 1. The largest absolute Gasteiger partial charge is 0.506 e. The summed E-state index contributed by atoms with van der Waals surface area (Å²) >= 11 is 0. The Balaban J connectivity index is 2.99. The Morgan fingerprint density at radius 1 is 1.41 bits per heavy atom. The second kappa shape index (κ2) is 3.93. The van der Waals surface area contributed by atoms with E-state index >= 15 is 0 Å². The van der Waals surface area contributed by atoms with Crippen molar-refractivity contribution in [2.75, 3.05) is 0 Å². The molecule has 88 valence electrons. The molecule has 0 atom stereocenters. The van der Waals surface area contributed by atoms with Crippen LogP contribution in [0.25, 0.3) is 11.0 Å². The highest BCUT2D eigenvalue weighted by molar-refractivity contribution is 5.98. The summed E-state index contributed by atoms with van der Waals surface area (Å²) in [7, 11) is 0. The van der Waals surface area contributed by atoms with E-state index in [0.717, 1.165) is 5.56 Å². The Kier molecular flexibility index (Phi) is 2.59. The molecule has 2 aromatic rings. The third-order valence-electron chi connectivity index (χ3n) is 2.59. The van der Waals surface area contributed by atoms with Crippen molar-refractivity contribution in [3.63, 3.8) is 0 Å². The molecule has 17 heavy (non-hydrogen) atoms. The van der Waals surface area contributed by atoms with Crippen LogP contribution in [0.3, 0.4) is 0 Å². The second-order valence-corrected chi connectivity index (χ2v) is 3.56. The van der Waals surface area contributed by atoms with E-state index < -0.39 is 22.9 Å². The second-order valence-electron chi connectivity index (χ2n) is 3.56. The molecule has 1 aromatic heterocycles. The molecule has 0 aliphatic rings. The maximum atomic E-state index is 11.4. The molecule has 5 nitrogen and oxygen atoms in total. The summed E-state index contributed by atoms with van der Waals surface area (Å²) in [6.07, 6.45) is 0.595. The highest BCUT2D eigenvalue weighted by Crippen LogP contribution is 2.29. The summed E-state index contributed by atoms with van der Waals surface area (Å²) in [5.74, 6) is -2.02. The van der Waals surface area contributed by atoms with Crippen LogP contribution in [0, 0.1) is 0 Å². The van der Waals surface area contributed by atoms with Crippen LogP contribution in [0.1, 0.15) is 22.8 Å². The molecular weight excluding hydrogens is 224 g/mol. The lowest BCUT2D eigenvalue weighted by Gasteiger charge is -2.06. The van der Waals surface area contributed by atoms with Gasteiger partial charge in [0.1, 0.15) is 11.3 Å². The van der Waals surface area contributed by atoms with Gasteiger partial charge in [-0.1, -0.05) is 19.1 Å². The molecule has 1 aromatic carbocycles. The van der Waals surface area contributed by atoms with Crippen molar-refractivity contribution in [3.05, 3.63) is 39.7 Å². The van der Waals surface area contributed by atoms with E-state index in [1.807, 2.05) is 6.92 Å². The molecular formula is C12H10O5. The van der Waals surface area contributed by atoms with Crippen molar-refractivity contribution >= 4 is 16.9 Å². The first-order valence-corrected chi connectivity index (χ1v) is 5.07. The minimum absolute atomic E-state index is 0.192. The maximum Gasteiger partial charge on any atom is 0.354 e. The van der Waals surface area contributed by atoms with Gasteiger partial charge in [0.05, 0.1) is 5.39 Å². The number of rotatable bonds is 2. The van der Waals surface area contributed by atoms with Crippen LogP contribution >= 0.6 is 0 Å². The SMILES string of the molecule is CCc1cccc2oc(=O)c(C(=O)O)c(O)c12. The van der Waals surface area contributed by atoms with Gasteiger partial charge in [0.25, 0.3) is 0 Å². The van der Waals surface area contributed by atoms with Gasteiger partial charge < -0.3 is 14.6 Å². The highest BCUT2D eigenvalue weighted by atomic mass is 16.4. The van der Waals surface area contributed by atoms with Crippen molar-refractivity contribution in [2.45, 2.75) is 13.3 Å². The third kappa shape index (κ3) is 1.65. The van der Waals surface area contributed by atoms with Crippen molar-refractivity contribution in [1.29, 1.82) is 0 Å². The predicted molar refractivity (Wildman–Crippen MR) is 60.5 cm³/mol. The van der Waals surface area contributed by atoms with Crippen LogP contribution in [0.5, 0.6) is 5.75 Å². The molecule has 0 aliphatic heterocycles. The number of carboxylic acid groups (broad SMARTS) is 1. The van der Waals surface area contributed by atoms with Crippen molar-refractivity contribution in [2.24, 2.45) is 0 Å². The zero-order valence-corrected chi connectivity index (χ0v) is 9.06. The van der Waals surface area contributed by atoms with Crippen LogP contribution < -0.4 is 5.63 Å². The topological polar surface area (TPSA) is 87.7 Å². The number of carboxylic acids is 1. The van der Waals surface area contributed by atoms with E-state index in [4.69, 9.17) is 9.52 Å². The van der Waals surface area contributed by atoms with E-state index in [-0.39, 0.29) is 11.0 Å². The highest BCUT2D eigenvalue weighted by Gasteiger charge is 2.21. The monoisotopic (exact) mass is 234 g/mol. The minimum Gasteiger partial charge on any atom is -0.506 e. The smallest absolute Gasteiger partial charge is 0.354 e. The molecule has 2 rings (SSSR count). The van der Waals surface area contributed by atoms with Crippen LogP contribution in [0.4, 0.5) is 0 Å². The van der Waals surface area contributed by atoms with Gasteiger partial charge in [-0.25, -0.2) is 9.59 Å². The Hall–Kier alpha value is -2.30. The predicted octanol–water partition coefficient (Wildman–Crippen LogP) is 1.76. The van der Waals surface area contributed by atoms with Gasteiger partial charge in [-0.15, -0.1) is 0 Å². The van der Waals surface area contributed by atoms with Gasteiger partial charge in [-0.3, -0.25) is 0 Å². The van der Waals surface area contributed by atoms with E-state index in [2.05, 4.69) is 0 Å². The van der Waals surface area contributed by atoms with Gasteiger partial charge in [0.15, 0.2) is 5.56 Å². The summed E-state index contributed by atoms with van der Waals surface area (Å²) in [6, 6.07) is 4.94. The zero-order valence-electron chi connectivity index (χ0n) is 9.06. The first-order chi connectivity index (χ1) is 8.06. The standard InChI is InChI=1S/C12H10O5/c1-2-6-4-3-5-7-8(6)10(13)9(11(14)15)12(16)17-7/h3-5,13H,2H2,1H3,(H,14,15). The molecule has 0 unspecified atom stereocenters. The summed E-state index contributed by atoms with van der Waals surface area (Å²) in [4.78, 5) is 22.3. The molecule has 2 N–H and O–H groups in total. The fourth-order valence-electron chi connectivity index (χ4n) is 1.79. The Morgan fingerprint density at radius 3 is 2.71 bits per heavy atom. The van der Waals surface area contributed by atoms with Crippen molar-refractivity contribution in [1.82, 2.24) is 0 Å². The number of carbonyl (C=O) groups is 1. The zero-order chi connectivity index (χ0) is 12.6. The summed E-state index contributed by atoms with van der Waals surface area (Å²) in [5, 5.41) is 19.0. The molecule has 0 saturated heterocycles. The number of fused-ring (bicyclic) bond motifs is 1. The Bertz CT molecular complexity index is 654. The number of hydrogen-bond acceptors (Lipinski definition) is 4. The summed E-state index contributed by atoms with van der Waals surface area (Å²) in [6.45, 7) is 1.86. The van der Waals surface area contributed by atoms with E-state index in [1.54, 1.807) is 12.1 Å². The number of aromatic hydroxyl groups is 1. The van der Waals surface area contributed by atoms with Gasteiger partial charge >= 0.3 is 11.6 Å². The van der Waals surface area contributed by atoms with Gasteiger partial charge in [-0.2, -0.15) is 0 Å². The third-order valence-corrected chi connectivity index (χ3v) is 2.59.